The van der Waals surface area contributed by atoms with Gasteiger partial charge in [0.1, 0.15) is 5.60 Å². The standard InChI is InChI=1S/C15H25NO4/c1-6-7-8-9-10-11(2)12(13(17)18)16-14(19)20-15(3,4)5/h6,12H,1-2,7-10H2,3-5H3,(H,16,19)(H,17,18)/t12-/m0/s1. The fourth-order valence-corrected chi connectivity index (χ4v) is 1.55. The summed E-state index contributed by atoms with van der Waals surface area (Å²) in [5, 5.41) is 11.5. The van der Waals surface area contributed by atoms with E-state index in [-0.39, 0.29) is 0 Å². The Morgan fingerprint density at radius 1 is 1.35 bits per heavy atom. The third-order valence-electron chi connectivity index (χ3n) is 2.47. The lowest BCUT2D eigenvalue weighted by Gasteiger charge is -2.22. The molecular formula is C15H25NO4. The van der Waals surface area contributed by atoms with Crippen LogP contribution in [0.5, 0.6) is 0 Å². The molecule has 114 valence electrons. The first-order valence-electron chi connectivity index (χ1n) is 6.68. The number of rotatable bonds is 8. The lowest BCUT2D eigenvalue weighted by Crippen LogP contribution is -2.44. The first kappa shape index (κ1) is 18.2. The van der Waals surface area contributed by atoms with Gasteiger partial charge in [-0.2, -0.15) is 0 Å². The monoisotopic (exact) mass is 283 g/mol. The molecule has 0 spiro atoms. The number of unbranched alkanes of at least 4 members (excludes halogenated alkanes) is 2. The lowest BCUT2D eigenvalue weighted by molar-refractivity contribution is -0.138. The van der Waals surface area contributed by atoms with Crippen LogP contribution in [0.15, 0.2) is 24.8 Å². The fraction of sp³-hybridized carbons (Fsp3) is 0.600. The van der Waals surface area contributed by atoms with Gasteiger partial charge in [0.25, 0.3) is 0 Å². The highest BCUT2D eigenvalue weighted by atomic mass is 16.6. The molecule has 2 N–H and O–H groups in total. The number of ether oxygens (including phenoxy) is 1. The van der Waals surface area contributed by atoms with E-state index in [1.54, 1.807) is 20.8 Å². The van der Waals surface area contributed by atoms with Gasteiger partial charge in [-0.15, -0.1) is 6.58 Å². The fourth-order valence-electron chi connectivity index (χ4n) is 1.55. The summed E-state index contributed by atoms with van der Waals surface area (Å²) < 4.78 is 5.04. The van der Waals surface area contributed by atoms with Crippen LogP contribution >= 0.6 is 0 Å². The first-order chi connectivity index (χ1) is 9.17. The van der Waals surface area contributed by atoms with Gasteiger partial charge in [0, 0.05) is 0 Å². The number of alkyl carbamates (subject to hydrolysis) is 1. The molecule has 0 aliphatic carbocycles. The molecule has 0 aliphatic heterocycles. The molecule has 0 rings (SSSR count). The zero-order valence-corrected chi connectivity index (χ0v) is 12.6. The van der Waals surface area contributed by atoms with Crippen LogP contribution in [-0.2, 0) is 9.53 Å². The Labute approximate surface area is 120 Å². The molecule has 0 saturated heterocycles. The number of hydrogen-bond donors (Lipinski definition) is 2. The minimum Gasteiger partial charge on any atom is -0.479 e. The zero-order chi connectivity index (χ0) is 15.8. The third-order valence-corrected chi connectivity index (χ3v) is 2.47. The second-order valence-corrected chi connectivity index (χ2v) is 5.61. The summed E-state index contributed by atoms with van der Waals surface area (Å²) in [6, 6.07) is -1.12. The summed E-state index contributed by atoms with van der Waals surface area (Å²) in [6.07, 6.45) is 4.21. The van der Waals surface area contributed by atoms with Gasteiger partial charge in [-0.05, 0) is 52.0 Å². The highest BCUT2D eigenvalue weighted by Crippen LogP contribution is 2.13. The summed E-state index contributed by atoms with van der Waals surface area (Å²) in [5.41, 5.74) is -0.203. The summed E-state index contributed by atoms with van der Waals surface area (Å²) in [4.78, 5) is 22.8. The van der Waals surface area contributed by atoms with Crippen molar-refractivity contribution in [1.29, 1.82) is 0 Å². The van der Waals surface area contributed by atoms with Crippen molar-refractivity contribution in [3.05, 3.63) is 24.8 Å². The Balaban J connectivity index is 4.42. The van der Waals surface area contributed by atoms with Gasteiger partial charge in [-0.1, -0.05) is 12.7 Å². The van der Waals surface area contributed by atoms with Crippen molar-refractivity contribution in [1.82, 2.24) is 5.32 Å². The van der Waals surface area contributed by atoms with Crippen molar-refractivity contribution in [2.24, 2.45) is 0 Å². The van der Waals surface area contributed by atoms with Crippen molar-refractivity contribution < 1.29 is 19.4 Å². The molecule has 0 saturated carbocycles. The van der Waals surface area contributed by atoms with E-state index in [4.69, 9.17) is 9.84 Å². The minimum absolute atomic E-state index is 0.465. The quantitative estimate of drug-likeness (QED) is 0.529. The van der Waals surface area contributed by atoms with Crippen LogP contribution in [0.4, 0.5) is 4.79 Å². The van der Waals surface area contributed by atoms with Gasteiger partial charge >= 0.3 is 12.1 Å². The molecule has 0 aromatic heterocycles. The number of allylic oxidation sites excluding steroid dienone is 1. The molecule has 1 amide bonds. The Hall–Kier alpha value is -1.78. The summed E-state index contributed by atoms with van der Waals surface area (Å²) in [6.45, 7) is 12.5. The average Bonchev–Trinajstić information content (AvgIpc) is 2.28. The van der Waals surface area contributed by atoms with Gasteiger partial charge in [0.05, 0.1) is 0 Å². The predicted molar refractivity (Wildman–Crippen MR) is 78.6 cm³/mol. The van der Waals surface area contributed by atoms with E-state index in [1.165, 1.54) is 0 Å². The second-order valence-electron chi connectivity index (χ2n) is 5.61. The summed E-state index contributed by atoms with van der Waals surface area (Å²) in [7, 11) is 0. The highest BCUT2D eigenvalue weighted by Gasteiger charge is 2.25. The largest absolute Gasteiger partial charge is 0.479 e. The van der Waals surface area contributed by atoms with E-state index in [1.807, 2.05) is 6.08 Å². The second kappa shape index (κ2) is 8.40. The van der Waals surface area contributed by atoms with E-state index in [0.717, 1.165) is 19.3 Å². The number of carboxylic acid groups (broad SMARTS) is 1. The molecule has 1 atom stereocenters. The van der Waals surface area contributed by atoms with E-state index in [0.29, 0.717) is 12.0 Å². The number of nitrogens with one attached hydrogen (secondary N) is 1. The zero-order valence-electron chi connectivity index (χ0n) is 12.6. The molecular weight excluding hydrogens is 258 g/mol. The molecule has 0 aliphatic rings. The van der Waals surface area contributed by atoms with Gasteiger partial charge in [-0.3, -0.25) is 0 Å². The van der Waals surface area contributed by atoms with Gasteiger partial charge < -0.3 is 15.2 Å². The molecule has 0 radical (unpaired) electrons. The Kier molecular flexibility index (Phi) is 7.65. The van der Waals surface area contributed by atoms with Crippen LogP contribution in [0.25, 0.3) is 0 Å². The molecule has 0 heterocycles. The lowest BCUT2D eigenvalue weighted by atomic mass is 10.0. The average molecular weight is 283 g/mol. The van der Waals surface area contributed by atoms with Crippen LogP contribution in [-0.4, -0.2) is 28.8 Å². The van der Waals surface area contributed by atoms with E-state index >= 15 is 0 Å². The minimum atomic E-state index is -1.13. The number of carbonyl (C=O) groups is 2. The normalized spacial score (nSPS) is 12.3. The van der Waals surface area contributed by atoms with Crippen molar-refractivity contribution in [2.75, 3.05) is 0 Å². The van der Waals surface area contributed by atoms with Crippen molar-refractivity contribution in [2.45, 2.75) is 58.1 Å². The number of carboxylic acids is 1. The van der Waals surface area contributed by atoms with Crippen molar-refractivity contribution >= 4 is 12.1 Å². The maximum absolute atomic E-state index is 11.6. The first-order valence-corrected chi connectivity index (χ1v) is 6.68. The smallest absolute Gasteiger partial charge is 0.408 e. The molecule has 5 heteroatoms. The maximum Gasteiger partial charge on any atom is 0.408 e. The Bertz CT molecular complexity index is 369. The van der Waals surface area contributed by atoms with Gasteiger partial charge in [-0.25, -0.2) is 9.59 Å². The maximum atomic E-state index is 11.6. The third kappa shape index (κ3) is 8.34. The van der Waals surface area contributed by atoms with Crippen LogP contribution < -0.4 is 5.32 Å². The van der Waals surface area contributed by atoms with Crippen LogP contribution in [0, 0.1) is 0 Å². The van der Waals surface area contributed by atoms with E-state index < -0.39 is 23.7 Å². The number of carbonyl (C=O) groups excluding carboxylic acids is 1. The van der Waals surface area contributed by atoms with E-state index in [2.05, 4.69) is 18.5 Å². The van der Waals surface area contributed by atoms with Crippen molar-refractivity contribution in [3.8, 4) is 0 Å². The van der Waals surface area contributed by atoms with Crippen LogP contribution in [0.1, 0.15) is 46.5 Å². The molecule has 0 unspecified atom stereocenters. The van der Waals surface area contributed by atoms with Gasteiger partial charge in [0.15, 0.2) is 6.04 Å². The highest BCUT2D eigenvalue weighted by molar-refractivity contribution is 5.83. The Morgan fingerprint density at radius 3 is 2.40 bits per heavy atom. The number of hydrogen-bond acceptors (Lipinski definition) is 3. The number of amides is 1. The van der Waals surface area contributed by atoms with Crippen LogP contribution in [0.3, 0.4) is 0 Å². The predicted octanol–water partition coefficient (Wildman–Crippen LogP) is 3.27. The molecule has 0 aromatic carbocycles. The molecule has 20 heavy (non-hydrogen) atoms. The Morgan fingerprint density at radius 2 is 1.95 bits per heavy atom. The topological polar surface area (TPSA) is 75.6 Å². The molecule has 5 nitrogen and oxygen atoms in total. The van der Waals surface area contributed by atoms with E-state index in [9.17, 15) is 9.59 Å². The molecule has 0 bridgehead atoms. The SMILES string of the molecule is C=CCCCCC(=C)[C@H](NC(=O)OC(C)(C)C)C(=O)O. The van der Waals surface area contributed by atoms with Crippen LogP contribution in [0.2, 0.25) is 0 Å². The molecule has 0 fully saturated rings. The van der Waals surface area contributed by atoms with Crippen molar-refractivity contribution in [3.63, 3.8) is 0 Å². The number of aliphatic carboxylic acids is 1. The summed E-state index contributed by atoms with van der Waals surface area (Å²) >= 11 is 0. The molecule has 0 aromatic rings. The summed E-state index contributed by atoms with van der Waals surface area (Å²) in [5.74, 6) is -1.13. The van der Waals surface area contributed by atoms with Gasteiger partial charge in [0.2, 0.25) is 0 Å².